The molecule has 0 aliphatic heterocycles. The van der Waals surface area contributed by atoms with Crippen LogP contribution in [0.3, 0.4) is 0 Å². The Morgan fingerprint density at radius 2 is 2.20 bits per heavy atom. The van der Waals surface area contributed by atoms with Crippen molar-refractivity contribution in [1.29, 1.82) is 0 Å². The molecule has 15 heavy (non-hydrogen) atoms. The van der Waals surface area contributed by atoms with Crippen LogP contribution in [0.5, 0.6) is 0 Å². The molecule has 0 spiro atoms. The van der Waals surface area contributed by atoms with E-state index in [-0.39, 0.29) is 38.5 Å². The minimum atomic E-state index is 0. The van der Waals surface area contributed by atoms with Crippen molar-refractivity contribution in [3.05, 3.63) is 42.3 Å². The molecule has 0 aromatic heterocycles. The molecule has 1 radical (unpaired) electrons. The number of nitrogens with two attached hydrogens (primary N) is 1. The third-order valence-corrected chi connectivity index (χ3v) is 1.72. The molecule has 1 aromatic rings. The van der Waals surface area contributed by atoms with Crippen LogP contribution in [0.1, 0.15) is 17.5 Å². The van der Waals surface area contributed by atoms with E-state index in [1.807, 2.05) is 12.1 Å². The van der Waals surface area contributed by atoms with Crippen molar-refractivity contribution in [2.45, 2.75) is 20.3 Å². The van der Waals surface area contributed by atoms with E-state index < -0.39 is 0 Å². The summed E-state index contributed by atoms with van der Waals surface area (Å²) in [4.78, 5) is 0. The first-order valence-electron chi connectivity index (χ1n) is 4.31. The van der Waals surface area contributed by atoms with Crippen LogP contribution in [0.15, 0.2) is 23.4 Å². The second-order valence-electron chi connectivity index (χ2n) is 2.82. The molecule has 0 amide bonds. The average Bonchev–Trinajstić information content (AvgIpc) is 2.22. The summed E-state index contributed by atoms with van der Waals surface area (Å²) in [5, 5.41) is 10.4. The maximum atomic E-state index is 7.76. The van der Waals surface area contributed by atoms with Crippen LogP contribution in [-0.2, 0) is 32.7 Å². The van der Waals surface area contributed by atoms with E-state index in [2.05, 4.69) is 38.1 Å². The van der Waals surface area contributed by atoms with Gasteiger partial charge in [0.05, 0.1) is 0 Å². The fourth-order valence-electron chi connectivity index (χ4n) is 0.654. The third kappa shape index (κ3) is 8.58. The van der Waals surface area contributed by atoms with Crippen LogP contribution >= 0.6 is 0 Å². The van der Waals surface area contributed by atoms with Crippen molar-refractivity contribution in [1.82, 2.24) is 0 Å². The number of hydrogen-bond acceptors (Lipinski definition) is 2. The summed E-state index contributed by atoms with van der Waals surface area (Å²) in [6, 6.07) is 9.12. The van der Waals surface area contributed by atoms with Crippen LogP contribution in [0.25, 0.3) is 0 Å². The Morgan fingerprint density at radius 1 is 1.60 bits per heavy atom. The van der Waals surface area contributed by atoms with Gasteiger partial charge < -0.3 is 17.9 Å². The summed E-state index contributed by atoms with van der Waals surface area (Å²) in [6.07, 6.45) is 0.358. The zero-order chi connectivity index (χ0) is 11.0. The van der Waals surface area contributed by atoms with Crippen LogP contribution in [0.4, 0.5) is 0 Å². The molecule has 4 heteroatoms. The first kappa shape index (κ1) is 17.0. The Hall–Kier alpha value is -0.406. The first-order chi connectivity index (χ1) is 6.61. The van der Waals surface area contributed by atoms with Gasteiger partial charge in [0.1, 0.15) is 5.84 Å². The fourth-order valence-corrected chi connectivity index (χ4v) is 0.654. The van der Waals surface area contributed by atoms with Crippen LogP contribution in [0, 0.1) is 26.8 Å². The minimum absolute atomic E-state index is 0. The molecule has 81 valence electrons. The minimum Gasteiger partial charge on any atom is -0.410 e. The van der Waals surface area contributed by atoms with Crippen molar-refractivity contribution < 1.29 is 37.9 Å². The van der Waals surface area contributed by atoms with Gasteiger partial charge in [0.15, 0.2) is 0 Å². The predicted molar refractivity (Wildman–Crippen MR) is 58.1 cm³/mol. The molecular weight excluding hydrogens is 265 g/mol. The molecule has 1 rings (SSSR count). The summed E-state index contributed by atoms with van der Waals surface area (Å²) >= 11 is 0. The standard InChI is InChI=1S/C8H9.C3H7N2O.Y/c1-7-5-3-4-6-8(7)2;1-2-3(4)5-6;/h3-5H,1-2H3;6H,1-2H2,(H2,4,5);/q2*-1;. The van der Waals surface area contributed by atoms with Crippen molar-refractivity contribution in [3.8, 4) is 0 Å². The number of oxime groups is 1. The molecule has 0 aliphatic carbocycles. The maximum Gasteiger partial charge on any atom is 0.108 e. The Bertz CT molecular complexity index is 279. The largest absolute Gasteiger partial charge is 0.410 e. The Kier molecular flexibility index (Phi) is 11.5. The Balaban J connectivity index is 0. The van der Waals surface area contributed by atoms with E-state index in [4.69, 9.17) is 10.9 Å². The molecule has 0 bridgehead atoms. The van der Waals surface area contributed by atoms with Crippen LogP contribution in [0.2, 0.25) is 0 Å². The monoisotopic (exact) mass is 281 g/mol. The zero-order valence-corrected chi connectivity index (χ0v) is 12.0. The van der Waals surface area contributed by atoms with E-state index in [9.17, 15) is 0 Å². The normalized spacial score (nSPS) is 9.67. The number of nitrogens with zero attached hydrogens (tertiary/aromatic N) is 1. The van der Waals surface area contributed by atoms with Gasteiger partial charge in [-0.1, -0.05) is 19.0 Å². The van der Waals surface area contributed by atoms with E-state index in [1.165, 1.54) is 11.1 Å². The number of aryl methyl sites for hydroxylation is 2. The van der Waals surface area contributed by atoms with E-state index in [0.717, 1.165) is 0 Å². The Morgan fingerprint density at radius 3 is 2.40 bits per heavy atom. The zero-order valence-electron chi connectivity index (χ0n) is 9.20. The van der Waals surface area contributed by atoms with Gasteiger partial charge in [0, 0.05) is 32.7 Å². The summed E-state index contributed by atoms with van der Waals surface area (Å²) in [5.74, 6) is 0.162. The number of benzene rings is 1. The molecule has 0 saturated carbocycles. The van der Waals surface area contributed by atoms with Crippen molar-refractivity contribution >= 4 is 5.84 Å². The third-order valence-electron chi connectivity index (χ3n) is 1.72. The molecule has 3 nitrogen and oxygen atoms in total. The molecule has 0 atom stereocenters. The summed E-state index contributed by atoms with van der Waals surface area (Å²) < 4.78 is 0. The number of amidine groups is 1. The predicted octanol–water partition coefficient (Wildman–Crippen LogP) is 2.06. The topological polar surface area (TPSA) is 58.6 Å². The van der Waals surface area contributed by atoms with Crippen LogP contribution in [-0.4, -0.2) is 11.0 Å². The molecule has 0 aliphatic rings. The van der Waals surface area contributed by atoms with Gasteiger partial charge in [-0.3, -0.25) is 0 Å². The summed E-state index contributed by atoms with van der Waals surface area (Å²) in [7, 11) is 0. The number of hydrogen-bond donors (Lipinski definition) is 2. The SMILES string of the molecule is Cc1[c-]cccc1C.[CH2-]C/C(N)=N/O.[Y]. The molecular formula is C11H16N2OY-2. The molecule has 3 N–H and O–H groups in total. The van der Waals surface area contributed by atoms with Crippen molar-refractivity contribution in [3.63, 3.8) is 0 Å². The second kappa shape index (κ2) is 10.1. The van der Waals surface area contributed by atoms with Gasteiger partial charge in [-0.05, 0) is 0 Å². The van der Waals surface area contributed by atoms with Gasteiger partial charge in [-0.2, -0.15) is 35.4 Å². The molecule has 0 heterocycles. The van der Waals surface area contributed by atoms with E-state index in [0.29, 0.717) is 6.42 Å². The Labute approximate surface area is 117 Å². The van der Waals surface area contributed by atoms with Crippen molar-refractivity contribution in [2.24, 2.45) is 10.9 Å². The molecule has 0 unspecified atom stereocenters. The van der Waals surface area contributed by atoms with Gasteiger partial charge in [-0.15, -0.1) is 6.42 Å². The fraction of sp³-hybridized carbons (Fsp3) is 0.273. The quantitative estimate of drug-likeness (QED) is 0.272. The first-order valence-corrected chi connectivity index (χ1v) is 4.31. The molecule has 1 aromatic carbocycles. The smallest absolute Gasteiger partial charge is 0.108 e. The summed E-state index contributed by atoms with van der Waals surface area (Å²) in [5.41, 5.74) is 7.47. The van der Waals surface area contributed by atoms with E-state index in [1.54, 1.807) is 0 Å². The van der Waals surface area contributed by atoms with Gasteiger partial charge >= 0.3 is 0 Å². The van der Waals surface area contributed by atoms with Gasteiger partial charge in [0.25, 0.3) is 0 Å². The van der Waals surface area contributed by atoms with E-state index >= 15 is 0 Å². The number of rotatable bonds is 1. The average molecular weight is 281 g/mol. The van der Waals surface area contributed by atoms with Gasteiger partial charge in [-0.25, -0.2) is 0 Å². The second-order valence-corrected chi connectivity index (χ2v) is 2.82. The summed E-state index contributed by atoms with van der Waals surface area (Å²) in [6.45, 7) is 7.49. The van der Waals surface area contributed by atoms with Gasteiger partial charge in [0.2, 0.25) is 0 Å². The molecule has 0 saturated heterocycles. The maximum absolute atomic E-state index is 7.76. The van der Waals surface area contributed by atoms with Crippen molar-refractivity contribution in [2.75, 3.05) is 0 Å². The van der Waals surface area contributed by atoms with Crippen LogP contribution < -0.4 is 5.73 Å². The molecule has 0 fully saturated rings.